The van der Waals surface area contributed by atoms with E-state index in [9.17, 15) is 10.1 Å². The van der Waals surface area contributed by atoms with Gasteiger partial charge in [0.2, 0.25) is 0 Å². The third-order valence-electron chi connectivity index (χ3n) is 2.39. The zero-order valence-corrected chi connectivity index (χ0v) is 9.83. The van der Waals surface area contributed by atoms with Crippen molar-refractivity contribution in [3.8, 4) is 0 Å². The van der Waals surface area contributed by atoms with Gasteiger partial charge in [-0.25, -0.2) is 0 Å². The molecule has 17 heavy (non-hydrogen) atoms. The molecule has 0 aliphatic heterocycles. The zero-order chi connectivity index (χ0) is 12.4. The van der Waals surface area contributed by atoms with Crippen LogP contribution < -0.4 is 0 Å². The monoisotopic (exact) mass is 255 g/mol. The number of rotatable bonds is 4. The summed E-state index contributed by atoms with van der Waals surface area (Å²) in [4.78, 5) is 9.96. The minimum Gasteiger partial charge on any atom is -0.358 e. The van der Waals surface area contributed by atoms with E-state index < -0.39 is 4.92 Å². The van der Waals surface area contributed by atoms with Gasteiger partial charge in [0.05, 0.1) is 17.8 Å². The predicted octanol–water partition coefficient (Wildman–Crippen LogP) is 1.42. The molecule has 8 heteroatoms. The Morgan fingerprint density at radius 2 is 2.35 bits per heavy atom. The van der Waals surface area contributed by atoms with Crippen LogP contribution in [0, 0.1) is 10.1 Å². The fraction of sp³-hybridized carbons (Fsp3) is 0.333. The summed E-state index contributed by atoms with van der Waals surface area (Å²) in [7, 11) is 1.84. The molecule has 2 rings (SSSR count). The lowest BCUT2D eigenvalue weighted by molar-refractivity contribution is -0.389. The number of aryl methyl sites for hydroxylation is 3. The maximum absolute atomic E-state index is 10.6. The van der Waals surface area contributed by atoms with Crippen LogP contribution in [0.4, 0.5) is 5.82 Å². The molecule has 0 fully saturated rings. The molecule has 0 atom stereocenters. The minimum atomic E-state index is -0.594. The van der Waals surface area contributed by atoms with Crippen LogP contribution in [0.5, 0.6) is 0 Å². The molecular weight excluding hydrogens is 246 g/mol. The largest absolute Gasteiger partial charge is 0.408 e. The molecule has 0 unspecified atom stereocenters. The second kappa shape index (κ2) is 4.54. The van der Waals surface area contributed by atoms with E-state index in [4.69, 9.17) is 11.6 Å². The van der Waals surface area contributed by atoms with Crippen molar-refractivity contribution in [2.45, 2.75) is 13.0 Å². The molecule has 0 amide bonds. The maximum atomic E-state index is 10.6. The average Bonchev–Trinajstić information content (AvgIpc) is 2.82. The van der Waals surface area contributed by atoms with Gasteiger partial charge in [-0.3, -0.25) is 4.68 Å². The van der Waals surface area contributed by atoms with E-state index in [1.54, 1.807) is 10.9 Å². The van der Waals surface area contributed by atoms with E-state index in [-0.39, 0.29) is 10.8 Å². The second-order valence-corrected chi connectivity index (χ2v) is 3.92. The first-order chi connectivity index (χ1) is 8.08. The molecule has 0 N–H and O–H groups in total. The van der Waals surface area contributed by atoms with Crippen molar-refractivity contribution in [1.82, 2.24) is 19.6 Å². The molecule has 7 nitrogen and oxygen atoms in total. The third kappa shape index (κ3) is 2.44. The van der Waals surface area contributed by atoms with Crippen LogP contribution >= 0.6 is 11.6 Å². The number of hydrogen-bond donors (Lipinski definition) is 0. The van der Waals surface area contributed by atoms with Crippen molar-refractivity contribution in [3.05, 3.63) is 39.3 Å². The van der Waals surface area contributed by atoms with E-state index in [2.05, 4.69) is 10.2 Å². The molecule has 0 bridgehead atoms. The fourth-order valence-corrected chi connectivity index (χ4v) is 1.72. The molecule has 0 aliphatic rings. The number of nitrogens with zero attached hydrogens (tertiary/aromatic N) is 5. The van der Waals surface area contributed by atoms with E-state index >= 15 is 0 Å². The second-order valence-electron chi connectivity index (χ2n) is 3.52. The van der Waals surface area contributed by atoms with Gasteiger partial charge >= 0.3 is 5.82 Å². The van der Waals surface area contributed by atoms with Gasteiger partial charge in [-0.1, -0.05) is 11.6 Å². The Labute approximate surface area is 102 Å². The molecule has 0 saturated heterocycles. The summed E-state index contributed by atoms with van der Waals surface area (Å²) >= 11 is 5.69. The van der Waals surface area contributed by atoms with Crippen molar-refractivity contribution in [2.24, 2.45) is 7.05 Å². The summed E-state index contributed by atoms with van der Waals surface area (Å²) in [6, 6.07) is 1.89. The molecule has 0 aliphatic carbocycles. The number of nitro groups is 1. The number of halogens is 1. The van der Waals surface area contributed by atoms with Gasteiger partial charge < -0.3 is 10.1 Å². The van der Waals surface area contributed by atoms with Crippen LogP contribution in [-0.4, -0.2) is 24.5 Å². The molecule has 2 aromatic heterocycles. The van der Waals surface area contributed by atoms with E-state index in [1.165, 1.54) is 10.9 Å². The first-order valence-electron chi connectivity index (χ1n) is 4.92. The van der Waals surface area contributed by atoms with Crippen LogP contribution in [-0.2, 0) is 20.0 Å². The number of aromatic nitrogens is 4. The molecular formula is C9H10ClN5O2. The molecule has 2 heterocycles. The average molecular weight is 256 g/mol. The molecule has 0 aromatic carbocycles. The summed E-state index contributed by atoms with van der Waals surface area (Å²) in [5, 5.41) is 18.4. The van der Waals surface area contributed by atoms with Crippen molar-refractivity contribution in [1.29, 1.82) is 0 Å². The maximum Gasteiger partial charge on any atom is 0.408 e. The van der Waals surface area contributed by atoms with Gasteiger partial charge in [0, 0.05) is 25.4 Å². The summed E-state index contributed by atoms with van der Waals surface area (Å²) in [6.07, 6.45) is 3.84. The standard InChI is InChI=1S/C9H10ClN5O2/c1-13-7(2-4-11-13)3-5-14-6-8(10)9(12-14)15(16)17/h2,4,6H,3,5H2,1H3. The SMILES string of the molecule is Cn1nccc1CCn1cc(Cl)c([N+](=O)[O-])n1. The highest BCUT2D eigenvalue weighted by Gasteiger charge is 2.18. The third-order valence-corrected chi connectivity index (χ3v) is 2.66. The van der Waals surface area contributed by atoms with Gasteiger partial charge in [0.25, 0.3) is 0 Å². The smallest absolute Gasteiger partial charge is 0.358 e. The lowest BCUT2D eigenvalue weighted by Crippen LogP contribution is -2.06. The van der Waals surface area contributed by atoms with Crippen LogP contribution in [0.2, 0.25) is 5.02 Å². The summed E-state index contributed by atoms with van der Waals surface area (Å²) < 4.78 is 3.22. The predicted molar refractivity (Wildman–Crippen MR) is 60.8 cm³/mol. The minimum absolute atomic E-state index is 0.0556. The molecule has 2 aromatic rings. The Kier molecular flexibility index (Phi) is 3.10. The van der Waals surface area contributed by atoms with Crippen LogP contribution in [0.15, 0.2) is 18.5 Å². The Morgan fingerprint density at radius 1 is 1.59 bits per heavy atom. The lowest BCUT2D eigenvalue weighted by atomic mass is 10.3. The van der Waals surface area contributed by atoms with E-state index in [1.807, 2.05) is 13.1 Å². The van der Waals surface area contributed by atoms with E-state index in [0.29, 0.717) is 13.0 Å². The molecule has 0 spiro atoms. The highest BCUT2D eigenvalue weighted by atomic mass is 35.5. The van der Waals surface area contributed by atoms with Crippen molar-refractivity contribution in [3.63, 3.8) is 0 Å². The Hall–Kier alpha value is -1.89. The van der Waals surface area contributed by atoms with Crippen molar-refractivity contribution >= 4 is 17.4 Å². The summed E-state index contributed by atoms with van der Waals surface area (Å²) in [5.41, 5.74) is 1.03. The molecule has 0 radical (unpaired) electrons. The highest BCUT2D eigenvalue weighted by molar-refractivity contribution is 6.32. The Bertz CT molecular complexity index is 547. The van der Waals surface area contributed by atoms with Gasteiger partial charge in [-0.15, -0.1) is 0 Å². The van der Waals surface area contributed by atoms with Gasteiger partial charge in [-0.05, 0) is 11.0 Å². The molecule has 0 saturated carbocycles. The normalized spacial score (nSPS) is 10.7. The van der Waals surface area contributed by atoms with Crippen LogP contribution in [0.1, 0.15) is 5.69 Å². The van der Waals surface area contributed by atoms with E-state index in [0.717, 1.165) is 5.69 Å². The van der Waals surface area contributed by atoms with Crippen LogP contribution in [0.25, 0.3) is 0 Å². The molecule has 90 valence electrons. The quantitative estimate of drug-likeness (QED) is 0.611. The Balaban J connectivity index is 2.07. The fourth-order valence-electron chi connectivity index (χ4n) is 1.50. The lowest BCUT2D eigenvalue weighted by Gasteiger charge is -1.99. The van der Waals surface area contributed by atoms with Crippen molar-refractivity contribution in [2.75, 3.05) is 0 Å². The summed E-state index contributed by atoms with van der Waals surface area (Å²) in [5.74, 6) is -0.309. The Morgan fingerprint density at radius 3 is 2.88 bits per heavy atom. The van der Waals surface area contributed by atoms with Crippen molar-refractivity contribution < 1.29 is 4.92 Å². The number of hydrogen-bond acceptors (Lipinski definition) is 4. The topological polar surface area (TPSA) is 78.8 Å². The van der Waals surface area contributed by atoms with Crippen LogP contribution in [0.3, 0.4) is 0 Å². The van der Waals surface area contributed by atoms with Gasteiger partial charge in [-0.2, -0.15) is 9.78 Å². The summed E-state index contributed by atoms with van der Waals surface area (Å²) in [6.45, 7) is 0.521. The first-order valence-corrected chi connectivity index (χ1v) is 5.30. The van der Waals surface area contributed by atoms with Gasteiger partial charge in [0.1, 0.15) is 0 Å². The first kappa shape index (κ1) is 11.6. The highest BCUT2D eigenvalue weighted by Crippen LogP contribution is 2.21. The van der Waals surface area contributed by atoms with Gasteiger partial charge in [0.15, 0.2) is 5.02 Å². The zero-order valence-electron chi connectivity index (χ0n) is 9.08.